The number of nitrogens with zero attached hydrogens (tertiary/aromatic N) is 4. The Bertz CT molecular complexity index is 1630. The maximum Gasteiger partial charge on any atom is 0.341 e. The van der Waals surface area contributed by atoms with Crippen LogP contribution in [0.25, 0.3) is 0 Å². The second-order valence-electron chi connectivity index (χ2n) is 11.9. The van der Waals surface area contributed by atoms with Gasteiger partial charge in [-0.15, -0.1) is 0 Å². The summed E-state index contributed by atoms with van der Waals surface area (Å²) in [6.07, 6.45) is 5.59. The molecule has 0 bridgehead atoms. The van der Waals surface area contributed by atoms with Gasteiger partial charge >= 0.3 is 12.0 Å². The fourth-order valence-corrected chi connectivity index (χ4v) is 6.99. The highest BCUT2D eigenvalue weighted by molar-refractivity contribution is 6.26. The van der Waals surface area contributed by atoms with E-state index in [2.05, 4.69) is 37.7 Å². The minimum atomic E-state index is -1.17. The summed E-state index contributed by atoms with van der Waals surface area (Å²) < 4.78 is 26.8. The third kappa shape index (κ3) is 5.88. The van der Waals surface area contributed by atoms with Crippen LogP contribution in [0.5, 0.6) is 5.88 Å². The molecule has 2 amide bonds. The normalized spacial score (nSPS) is 26.8. The molecule has 3 aromatic rings. The first kappa shape index (κ1) is 30.4. The third-order valence-electron chi connectivity index (χ3n) is 8.94. The number of urea groups is 1. The van der Waals surface area contributed by atoms with Gasteiger partial charge in [0.2, 0.25) is 5.88 Å². The Kier molecular flexibility index (Phi) is 8.27. The van der Waals surface area contributed by atoms with Crippen LogP contribution in [-0.4, -0.2) is 75.0 Å². The van der Waals surface area contributed by atoms with Crippen LogP contribution >= 0.6 is 11.8 Å². The number of carbonyl (C=O) groups excluding carboxylic acids is 1. The van der Waals surface area contributed by atoms with E-state index in [1.807, 2.05) is 12.1 Å². The van der Waals surface area contributed by atoms with Crippen LogP contribution in [0.3, 0.4) is 0 Å². The van der Waals surface area contributed by atoms with Crippen LogP contribution in [0, 0.1) is 0 Å². The fraction of sp³-hybridized carbons (Fsp3) is 0.452. The van der Waals surface area contributed by atoms with Gasteiger partial charge in [0.15, 0.2) is 23.7 Å². The monoisotopic (exact) mass is 651 g/mol. The largest absolute Gasteiger partial charge is 0.477 e. The molecule has 2 aliphatic carbocycles. The summed E-state index contributed by atoms with van der Waals surface area (Å²) in [5, 5.41) is 15.2. The van der Waals surface area contributed by atoms with Crippen molar-refractivity contribution in [1.82, 2.24) is 20.3 Å². The van der Waals surface area contributed by atoms with Gasteiger partial charge in [-0.3, -0.25) is 5.32 Å². The van der Waals surface area contributed by atoms with Gasteiger partial charge < -0.3 is 35.1 Å². The van der Waals surface area contributed by atoms with Gasteiger partial charge in [0.25, 0.3) is 0 Å². The number of rotatable bonds is 8. The number of nitrogens with one attached hydrogen (secondary N) is 2. The lowest BCUT2D eigenvalue weighted by molar-refractivity contribution is -0.215. The number of hydrogen-bond acceptors (Lipinski definition) is 11. The molecule has 14 nitrogen and oxygen atoms in total. The fourth-order valence-electron chi connectivity index (χ4n) is 6.70. The third-order valence-corrected chi connectivity index (χ3v) is 9.29. The summed E-state index contributed by atoms with van der Waals surface area (Å²) in [5.41, 5.74) is 8.77. The Labute approximate surface area is 269 Å². The smallest absolute Gasteiger partial charge is 0.341 e. The maximum atomic E-state index is 12.7. The van der Waals surface area contributed by atoms with Gasteiger partial charge in [-0.05, 0) is 42.5 Å². The Morgan fingerprint density at radius 3 is 2.67 bits per heavy atom. The molecule has 0 radical (unpaired) electrons. The van der Waals surface area contributed by atoms with Crippen molar-refractivity contribution in [2.45, 2.75) is 81.3 Å². The number of carboxylic acids is 1. The molecular weight excluding hydrogens is 618 g/mol. The number of amides is 2. The number of ether oxygens (including phenoxy) is 4. The van der Waals surface area contributed by atoms with Crippen molar-refractivity contribution in [1.29, 1.82) is 0 Å². The Morgan fingerprint density at radius 1 is 1.09 bits per heavy atom. The number of aromatic carboxylic acids is 1. The molecule has 2 aliphatic heterocycles. The molecule has 1 saturated carbocycles. The van der Waals surface area contributed by atoms with Crippen molar-refractivity contribution in [3.63, 3.8) is 0 Å². The van der Waals surface area contributed by atoms with E-state index in [1.165, 1.54) is 34.6 Å². The number of fused-ring (bicyclic) bond motifs is 2. The van der Waals surface area contributed by atoms with Gasteiger partial charge in [0.05, 0.1) is 0 Å². The zero-order valence-corrected chi connectivity index (χ0v) is 25.6. The van der Waals surface area contributed by atoms with Gasteiger partial charge in [-0.2, -0.15) is 0 Å². The standard InChI is InChI=1S/C31H34ClN7O7/c32-39(26-22(33)25(35-16-36-26)38-30(42)37-19-8-3-4-9-19)28-24-23(21(44-28)15-43-27-20(29(40)41)10-5-13-34-27)45-31(46-24)12-11-17-6-1-2-7-18(17)14-31/h1-2,5-7,10,13,16,19,21,23-24,28H,3-4,8-9,11-12,14-15,33H2,(H,40,41)(H2,35,36,37,38,42)/t21?,23?,24?,28-,31?/m1/s1. The molecule has 15 heteroatoms. The zero-order valence-electron chi connectivity index (χ0n) is 24.8. The molecule has 242 valence electrons. The van der Waals surface area contributed by atoms with Crippen LogP contribution in [0.4, 0.5) is 22.1 Å². The van der Waals surface area contributed by atoms with Crippen LogP contribution in [0.15, 0.2) is 48.9 Å². The quantitative estimate of drug-likeness (QED) is 0.260. The predicted molar refractivity (Wildman–Crippen MR) is 165 cm³/mol. The second kappa shape index (κ2) is 12.5. The topological polar surface area (TPSA) is 183 Å². The van der Waals surface area contributed by atoms with Gasteiger partial charge in [-0.25, -0.2) is 29.0 Å². The van der Waals surface area contributed by atoms with Gasteiger partial charge in [0.1, 0.15) is 42.5 Å². The Morgan fingerprint density at radius 2 is 1.87 bits per heavy atom. The number of nitrogen functional groups attached to an aromatic ring is 1. The minimum Gasteiger partial charge on any atom is -0.477 e. The molecule has 2 saturated heterocycles. The minimum absolute atomic E-state index is 0.0405. The number of hydrogen-bond donors (Lipinski definition) is 4. The second-order valence-corrected chi connectivity index (χ2v) is 12.3. The number of halogens is 1. The molecule has 46 heavy (non-hydrogen) atoms. The number of pyridine rings is 1. The first-order valence-corrected chi connectivity index (χ1v) is 15.7. The van der Waals surface area contributed by atoms with Crippen molar-refractivity contribution >= 4 is 41.1 Å². The predicted octanol–water partition coefficient (Wildman–Crippen LogP) is 3.65. The van der Waals surface area contributed by atoms with Crippen molar-refractivity contribution in [2.75, 3.05) is 22.1 Å². The highest BCUT2D eigenvalue weighted by Gasteiger charge is 2.60. The van der Waals surface area contributed by atoms with E-state index in [-0.39, 0.29) is 41.4 Å². The summed E-state index contributed by atoms with van der Waals surface area (Å²) in [5.74, 6) is -1.94. The molecule has 4 heterocycles. The van der Waals surface area contributed by atoms with E-state index in [0.717, 1.165) is 37.7 Å². The highest BCUT2D eigenvalue weighted by Crippen LogP contribution is 2.47. The average Bonchev–Trinajstić information content (AvgIpc) is 3.77. The Balaban J connectivity index is 1.13. The zero-order chi connectivity index (χ0) is 31.8. The van der Waals surface area contributed by atoms with Crippen LogP contribution < -0.4 is 25.5 Å². The number of carbonyl (C=O) groups is 2. The molecule has 3 fully saturated rings. The van der Waals surface area contributed by atoms with Gasteiger partial charge in [-0.1, -0.05) is 37.1 Å². The maximum absolute atomic E-state index is 12.7. The molecule has 1 spiro atoms. The average molecular weight is 652 g/mol. The number of aromatic nitrogens is 3. The molecule has 5 N–H and O–H groups in total. The molecule has 1 aromatic carbocycles. The molecular formula is C31H34ClN7O7. The van der Waals surface area contributed by atoms with E-state index in [4.69, 9.17) is 36.5 Å². The summed E-state index contributed by atoms with van der Waals surface area (Å²) in [4.78, 5) is 36.9. The summed E-state index contributed by atoms with van der Waals surface area (Å²) in [7, 11) is 0. The van der Waals surface area contributed by atoms with Crippen molar-refractivity contribution < 1.29 is 33.6 Å². The molecule has 7 rings (SSSR count). The van der Waals surface area contributed by atoms with Crippen molar-refractivity contribution in [3.8, 4) is 5.88 Å². The number of aryl methyl sites for hydroxylation is 1. The first-order chi connectivity index (χ1) is 22.3. The number of carboxylic acid groups (broad SMARTS) is 1. The molecule has 4 aliphatic rings. The summed E-state index contributed by atoms with van der Waals surface area (Å²) >= 11 is 6.93. The van der Waals surface area contributed by atoms with Crippen LogP contribution in [0.2, 0.25) is 0 Å². The first-order valence-electron chi connectivity index (χ1n) is 15.3. The number of benzene rings is 1. The lowest BCUT2D eigenvalue weighted by Crippen LogP contribution is -2.43. The molecule has 4 unspecified atom stereocenters. The lowest BCUT2D eigenvalue weighted by atomic mass is 9.87. The van der Waals surface area contributed by atoms with E-state index < -0.39 is 42.3 Å². The summed E-state index contributed by atoms with van der Waals surface area (Å²) in [6.45, 7) is -0.0941. The molecule has 5 atom stereocenters. The Hall–Kier alpha value is -4.24. The lowest BCUT2D eigenvalue weighted by Gasteiger charge is -2.36. The highest BCUT2D eigenvalue weighted by atomic mass is 35.5. The van der Waals surface area contributed by atoms with E-state index in [0.29, 0.717) is 12.8 Å². The van der Waals surface area contributed by atoms with Crippen LogP contribution in [-0.2, 0) is 27.1 Å². The van der Waals surface area contributed by atoms with Crippen LogP contribution in [0.1, 0.15) is 53.6 Å². The SMILES string of the molecule is Nc1c(NC(=O)NC2CCCC2)ncnc1N(Cl)[C@@H]1OC(COc2ncccc2C(=O)O)C2OC3(CCc4ccccc4C3)OC21. The van der Waals surface area contributed by atoms with Crippen molar-refractivity contribution in [3.05, 3.63) is 65.6 Å². The van der Waals surface area contributed by atoms with Crippen molar-refractivity contribution in [2.24, 2.45) is 0 Å². The van der Waals surface area contributed by atoms with E-state index in [9.17, 15) is 14.7 Å². The number of nitrogens with two attached hydrogens (primary N) is 1. The molecule has 2 aromatic heterocycles. The van der Waals surface area contributed by atoms with E-state index >= 15 is 0 Å². The summed E-state index contributed by atoms with van der Waals surface area (Å²) in [6, 6.07) is 10.8. The number of anilines is 3. The van der Waals surface area contributed by atoms with Gasteiger partial charge in [0, 0.05) is 36.9 Å². The van der Waals surface area contributed by atoms with E-state index in [1.54, 1.807) is 0 Å².